The number of anilines is 1. The second-order valence-corrected chi connectivity index (χ2v) is 6.48. The minimum absolute atomic E-state index is 0.222. The van der Waals surface area contributed by atoms with Gasteiger partial charge in [0.25, 0.3) is 5.91 Å². The average molecular weight is 384 g/mol. The third kappa shape index (κ3) is 3.39. The highest BCUT2D eigenvalue weighted by molar-refractivity contribution is 7.14. The summed E-state index contributed by atoms with van der Waals surface area (Å²) in [5.74, 6) is 2.11. The second kappa shape index (κ2) is 7.16. The largest absolute Gasteiger partial charge is 0.497 e. The number of amides is 1. The summed E-state index contributed by atoms with van der Waals surface area (Å²) in [5, 5.41) is 5.16. The van der Waals surface area contributed by atoms with Gasteiger partial charge < -0.3 is 18.9 Å². The molecule has 0 spiro atoms. The molecule has 0 saturated carbocycles. The molecule has 27 heavy (non-hydrogen) atoms. The molecule has 1 aliphatic rings. The first kappa shape index (κ1) is 17.2. The van der Waals surface area contributed by atoms with Crippen LogP contribution in [-0.2, 0) is 0 Å². The van der Waals surface area contributed by atoms with Crippen molar-refractivity contribution in [1.82, 2.24) is 4.98 Å². The number of fused-ring (bicyclic) bond motifs is 1. The Bertz CT molecular complexity index is 1000. The molecule has 1 N–H and O–H groups in total. The molecule has 1 amide bonds. The lowest BCUT2D eigenvalue weighted by Crippen LogP contribution is -2.13. The van der Waals surface area contributed by atoms with E-state index >= 15 is 0 Å². The van der Waals surface area contributed by atoms with E-state index in [-0.39, 0.29) is 12.7 Å². The van der Waals surface area contributed by atoms with Crippen LogP contribution in [-0.4, -0.2) is 31.9 Å². The van der Waals surface area contributed by atoms with E-state index in [1.807, 2.05) is 23.6 Å². The van der Waals surface area contributed by atoms with Crippen molar-refractivity contribution in [2.75, 3.05) is 26.3 Å². The van der Waals surface area contributed by atoms with Crippen molar-refractivity contribution in [1.29, 1.82) is 0 Å². The van der Waals surface area contributed by atoms with Gasteiger partial charge in [0.05, 0.1) is 25.5 Å². The van der Waals surface area contributed by atoms with E-state index in [0.29, 0.717) is 33.7 Å². The molecule has 0 bridgehead atoms. The van der Waals surface area contributed by atoms with Crippen LogP contribution >= 0.6 is 11.3 Å². The highest BCUT2D eigenvalue weighted by atomic mass is 32.1. The summed E-state index contributed by atoms with van der Waals surface area (Å²) < 4.78 is 21.2. The summed E-state index contributed by atoms with van der Waals surface area (Å²) in [4.78, 5) is 17.1. The highest BCUT2D eigenvalue weighted by Gasteiger charge is 2.17. The third-order valence-electron chi connectivity index (χ3n) is 4.04. The number of rotatable bonds is 5. The van der Waals surface area contributed by atoms with Crippen LogP contribution in [0.5, 0.6) is 23.0 Å². The van der Waals surface area contributed by atoms with Crippen molar-refractivity contribution in [3.63, 3.8) is 0 Å². The zero-order valence-electron chi connectivity index (χ0n) is 14.6. The van der Waals surface area contributed by atoms with Crippen LogP contribution in [0.4, 0.5) is 5.13 Å². The summed E-state index contributed by atoms with van der Waals surface area (Å²) in [5.41, 5.74) is 2.00. The Morgan fingerprint density at radius 2 is 1.96 bits per heavy atom. The van der Waals surface area contributed by atoms with Crippen LogP contribution in [0.1, 0.15) is 10.4 Å². The number of thiazole rings is 1. The number of hydrogen-bond donors (Lipinski definition) is 1. The predicted octanol–water partition coefficient (Wildman–Crippen LogP) is 3.81. The maximum absolute atomic E-state index is 12.6. The maximum Gasteiger partial charge on any atom is 0.261 e. The Balaban J connectivity index is 1.55. The minimum atomic E-state index is -0.322. The fourth-order valence-corrected chi connectivity index (χ4v) is 3.39. The van der Waals surface area contributed by atoms with Crippen LogP contribution < -0.4 is 24.3 Å². The molecule has 7 nitrogen and oxygen atoms in total. The molecule has 8 heteroatoms. The number of carbonyl (C=O) groups is 1. The molecule has 3 aromatic rings. The normalized spacial score (nSPS) is 11.9. The first-order valence-electron chi connectivity index (χ1n) is 8.07. The SMILES string of the molecule is COc1ccc(OC)c(C(=O)Nc2nc(-c3ccc4c(c3)OCO4)cs2)c1. The molecule has 0 atom stereocenters. The molecule has 0 unspecified atom stereocenters. The standard InChI is InChI=1S/C19H16N2O5S/c1-23-12-4-6-15(24-2)13(8-12)18(22)21-19-20-14(9-27-19)11-3-5-16-17(7-11)26-10-25-16/h3-9H,10H2,1-2H3,(H,20,21,22). The number of ether oxygens (including phenoxy) is 4. The summed E-state index contributed by atoms with van der Waals surface area (Å²) in [7, 11) is 3.06. The Kier molecular flexibility index (Phi) is 4.55. The molecule has 0 fully saturated rings. The lowest BCUT2D eigenvalue weighted by Gasteiger charge is -2.09. The Morgan fingerprint density at radius 3 is 2.78 bits per heavy atom. The van der Waals surface area contributed by atoms with Gasteiger partial charge in [-0.1, -0.05) is 0 Å². The molecule has 0 aliphatic carbocycles. The number of methoxy groups -OCH3 is 2. The van der Waals surface area contributed by atoms with Crippen LogP contribution in [0.3, 0.4) is 0 Å². The summed E-state index contributed by atoms with van der Waals surface area (Å²) in [6.07, 6.45) is 0. The van der Waals surface area contributed by atoms with Gasteiger partial charge in [0.1, 0.15) is 11.5 Å². The van der Waals surface area contributed by atoms with Crippen LogP contribution in [0.25, 0.3) is 11.3 Å². The Morgan fingerprint density at radius 1 is 1.11 bits per heavy atom. The zero-order chi connectivity index (χ0) is 18.8. The van der Waals surface area contributed by atoms with Crippen LogP contribution in [0, 0.1) is 0 Å². The lowest BCUT2D eigenvalue weighted by atomic mass is 10.1. The second-order valence-electron chi connectivity index (χ2n) is 5.63. The number of benzene rings is 2. The first-order valence-corrected chi connectivity index (χ1v) is 8.95. The topological polar surface area (TPSA) is 78.9 Å². The third-order valence-corrected chi connectivity index (χ3v) is 4.80. The van der Waals surface area contributed by atoms with Gasteiger partial charge in [-0.05, 0) is 36.4 Å². The first-order chi connectivity index (χ1) is 13.2. The van der Waals surface area contributed by atoms with Gasteiger partial charge in [0, 0.05) is 10.9 Å². The molecular formula is C19H16N2O5S. The van der Waals surface area contributed by atoms with E-state index in [1.165, 1.54) is 18.4 Å². The molecule has 1 aliphatic heterocycles. The molecule has 4 rings (SSSR count). The van der Waals surface area contributed by atoms with Crippen molar-refractivity contribution < 1.29 is 23.7 Å². The van der Waals surface area contributed by atoms with Gasteiger partial charge >= 0.3 is 0 Å². The monoisotopic (exact) mass is 384 g/mol. The van der Waals surface area contributed by atoms with Crippen molar-refractivity contribution in [2.24, 2.45) is 0 Å². The molecule has 138 valence electrons. The smallest absolute Gasteiger partial charge is 0.261 e. The zero-order valence-corrected chi connectivity index (χ0v) is 15.5. The fourth-order valence-electron chi connectivity index (χ4n) is 2.68. The van der Waals surface area contributed by atoms with Gasteiger partial charge in [-0.15, -0.1) is 11.3 Å². The summed E-state index contributed by atoms with van der Waals surface area (Å²) in [6.45, 7) is 0.222. The molecule has 0 radical (unpaired) electrons. The molecule has 2 heterocycles. The molecule has 2 aromatic carbocycles. The molecule has 0 saturated heterocycles. The molecule has 1 aromatic heterocycles. The predicted molar refractivity (Wildman–Crippen MR) is 101 cm³/mol. The van der Waals surface area contributed by atoms with Crippen molar-refractivity contribution in [3.05, 3.63) is 47.3 Å². The van der Waals surface area contributed by atoms with E-state index < -0.39 is 0 Å². The number of nitrogens with zero attached hydrogens (tertiary/aromatic N) is 1. The number of aromatic nitrogens is 1. The van der Waals surface area contributed by atoms with Crippen molar-refractivity contribution in [3.8, 4) is 34.3 Å². The summed E-state index contributed by atoms with van der Waals surface area (Å²) in [6, 6.07) is 10.7. The van der Waals surface area contributed by atoms with Gasteiger partial charge in [-0.2, -0.15) is 0 Å². The van der Waals surface area contributed by atoms with Gasteiger partial charge in [-0.25, -0.2) is 4.98 Å². The lowest BCUT2D eigenvalue weighted by molar-refractivity contribution is 0.102. The van der Waals surface area contributed by atoms with Gasteiger partial charge in [0.15, 0.2) is 16.6 Å². The maximum atomic E-state index is 12.6. The quantitative estimate of drug-likeness (QED) is 0.721. The fraction of sp³-hybridized carbons (Fsp3) is 0.158. The van der Waals surface area contributed by atoms with Gasteiger partial charge in [-0.3, -0.25) is 10.1 Å². The van der Waals surface area contributed by atoms with E-state index in [4.69, 9.17) is 18.9 Å². The van der Waals surface area contributed by atoms with Crippen molar-refractivity contribution in [2.45, 2.75) is 0 Å². The van der Waals surface area contributed by atoms with E-state index in [2.05, 4.69) is 10.3 Å². The van der Waals surface area contributed by atoms with Gasteiger partial charge in [0.2, 0.25) is 6.79 Å². The van der Waals surface area contributed by atoms with E-state index in [9.17, 15) is 4.79 Å². The van der Waals surface area contributed by atoms with Crippen LogP contribution in [0.2, 0.25) is 0 Å². The average Bonchev–Trinajstić information content (AvgIpc) is 3.36. The number of carbonyl (C=O) groups excluding carboxylic acids is 1. The Hall–Kier alpha value is -3.26. The van der Waals surface area contributed by atoms with Crippen molar-refractivity contribution >= 4 is 22.4 Å². The molecular weight excluding hydrogens is 368 g/mol. The van der Waals surface area contributed by atoms with Crippen LogP contribution in [0.15, 0.2) is 41.8 Å². The Labute approximate surface area is 159 Å². The number of hydrogen-bond acceptors (Lipinski definition) is 7. The van der Waals surface area contributed by atoms with E-state index in [1.54, 1.807) is 25.3 Å². The van der Waals surface area contributed by atoms with E-state index in [0.717, 1.165) is 11.3 Å². The highest BCUT2D eigenvalue weighted by Crippen LogP contribution is 2.36. The summed E-state index contributed by atoms with van der Waals surface area (Å²) >= 11 is 1.34. The minimum Gasteiger partial charge on any atom is -0.497 e. The number of nitrogens with one attached hydrogen (secondary N) is 1.